The summed E-state index contributed by atoms with van der Waals surface area (Å²) >= 11 is 6.23. The Morgan fingerprint density at radius 1 is 1.50 bits per heavy atom. The summed E-state index contributed by atoms with van der Waals surface area (Å²) < 4.78 is 5.63. The fourth-order valence-electron chi connectivity index (χ4n) is 3.08. The van der Waals surface area contributed by atoms with Gasteiger partial charge in [-0.25, -0.2) is 4.98 Å². The normalized spacial score (nSPS) is 23.9. The summed E-state index contributed by atoms with van der Waals surface area (Å²) in [6.45, 7) is 3.50. The van der Waals surface area contributed by atoms with Gasteiger partial charge in [-0.15, -0.1) is 24.0 Å². The highest BCUT2D eigenvalue weighted by molar-refractivity contribution is 14.0. The van der Waals surface area contributed by atoms with Crippen LogP contribution in [0.4, 0.5) is 5.82 Å². The van der Waals surface area contributed by atoms with E-state index in [9.17, 15) is 0 Å². The van der Waals surface area contributed by atoms with Gasteiger partial charge < -0.3 is 20.3 Å². The number of hydrogen-bond acceptors (Lipinski definition) is 4. The number of aliphatic imine (C=N–C) groups is 1. The molecule has 0 aromatic carbocycles. The second kappa shape index (κ2) is 9.62. The number of guanidine groups is 1. The van der Waals surface area contributed by atoms with Gasteiger partial charge in [0.15, 0.2) is 5.96 Å². The van der Waals surface area contributed by atoms with E-state index < -0.39 is 0 Å². The predicted octanol–water partition coefficient (Wildman–Crippen LogP) is 2.28. The van der Waals surface area contributed by atoms with Crippen LogP contribution in [0.3, 0.4) is 0 Å². The summed E-state index contributed by atoms with van der Waals surface area (Å²) in [4.78, 5) is 10.9. The molecule has 0 saturated carbocycles. The van der Waals surface area contributed by atoms with Gasteiger partial charge in [-0.2, -0.15) is 0 Å². The second-order valence-electron chi connectivity index (χ2n) is 5.97. The highest BCUT2D eigenvalue weighted by Crippen LogP contribution is 2.25. The average molecular weight is 466 g/mol. The van der Waals surface area contributed by atoms with Crippen molar-refractivity contribution in [2.24, 2.45) is 4.99 Å². The van der Waals surface area contributed by atoms with Crippen LogP contribution in [0.2, 0.25) is 5.02 Å². The van der Waals surface area contributed by atoms with E-state index in [1.165, 1.54) is 0 Å². The smallest absolute Gasteiger partial charge is 0.191 e. The molecule has 2 aliphatic heterocycles. The topological polar surface area (TPSA) is 61.8 Å². The van der Waals surface area contributed by atoms with E-state index in [-0.39, 0.29) is 24.0 Å². The molecule has 0 radical (unpaired) electrons. The van der Waals surface area contributed by atoms with Gasteiger partial charge >= 0.3 is 0 Å². The first kappa shape index (κ1) is 19.5. The second-order valence-corrected chi connectivity index (χ2v) is 6.38. The molecule has 2 fully saturated rings. The Morgan fingerprint density at radius 3 is 3.08 bits per heavy atom. The lowest BCUT2D eigenvalue weighted by molar-refractivity contribution is 0.113. The van der Waals surface area contributed by atoms with Crippen LogP contribution in [-0.4, -0.2) is 56.4 Å². The van der Waals surface area contributed by atoms with Crippen LogP contribution in [-0.2, 0) is 4.74 Å². The van der Waals surface area contributed by atoms with Crippen molar-refractivity contribution in [1.82, 2.24) is 15.6 Å². The van der Waals surface area contributed by atoms with Crippen molar-refractivity contribution in [2.75, 3.05) is 38.2 Å². The molecule has 0 amide bonds. The molecule has 1 aromatic heterocycles. The van der Waals surface area contributed by atoms with Gasteiger partial charge in [0.2, 0.25) is 0 Å². The quantitative estimate of drug-likeness (QED) is 0.406. The van der Waals surface area contributed by atoms with Gasteiger partial charge in [-0.3, -0.25) is 4.99 Å². The summed E-state index contributed by atoms with van der Waals surface area (Å²) in [6.07, 6.45) is 5.40. The van der Waals surface area contributed by atoms with Gasteiger partial charge in [0.25, 0.3) is 0 Å². The third-order valence-corrected chi connectivity index (χ3v) is 4.61. The lowest BCUT2D eigenvalue weighted by Gasteiger charge is -2.21. The fraction of sp³-hybridized carbons (Fsp3) is 0.625. The molecule has 134 valence electrons. The van der Waals surface area contributed by atoms with E-state index in [4.69, 9.17) is 16.3 Å². The summed E-state index contributed by atoms with van der Waals surface area (Å²) in [5, 5.41) is 7.54. The van der Waals surface area contributed by atoms with Crippen molar-refractivity contribution in [1.29, 1.82) is 0 Å². The SMILES string of the molecule is CN=C(NCC1CCCO1)NC1CCN(c2ncccc2Cl)C1.I. The van der Waals surface area contributed by atoms with Crippen LogP contribution in [0.5, 0.6) is 0 Å². The van der Waals surface area contributed by atoms with E-state index in [2.05, 4.69) is 25.5 Å². The molecule has 2 saturated heterocycles. The molecule has 2 atom stereocenters. The highest BCUT2D eigenvalue weighted by atomic mass is 127. The minimum absolute atomic E-state index is 0. The minimum atomic E-state index is 0. The molecule has 6 nitrogen and oxygen atoms in total. The van der Waals surface area contributed by atoms with Crippen molar-refractivity contribution >= 4 is 47.4 Å². The Bertz CT molecular complexity index is 553. The van der Waals surface area contributed by atoms with E-state index in [0.717, 1.165) is 57.3 Å². The van der Waals surface area contributed by atoms with Gasteiger partial charge in [0, 0.05) is 45.5 Å². The number of ether oxygens (including phenoxy) is 1. The Morgan fingerprint density at radius 2 is 2.38 bits per heavy atom. The van der Waals surface area contributed by atoms with Crippen LogP contribution in [0.1, 0.15) is 19.3 Å². The molecule has 0 aliphatic carbocycles. The first-order valence-corrected chi connectivity index (χ1v) is 8.58. The third kappa shape index (κ3) is 5.10. The summed E-state index contributed by atoms with van der Waals surface area (Å²) in [6, 6.07) is 4.07. The molecule has 2 N–H and O–H groups in total. The summed E-state index contributed by atoms with van der Waals surface area (Å²) in [7, 11) is 1.80. The van der Waals surface area contributed by atoms with Crippen molar-refractivity contribution in [3.05, 3.63) is 23.4 Å². The Labute approximate surface area is 165 Å². The molecule has 0 spiro atoms. The number of pyridine rings is 1. The van der Waals surface area contributed by atoms with E-state index in [1.807, 2.05) is 12.1 Å². The molecule has 2 aliphatic rings. The molecule has 1 aromatic rings. The van der Waals surface area contributed by atoms with Crippen molar-refractivity contribution < 1.29 is 4.74 Å². The van der Waals surface area contributed by atoms with Crippen LogP contribution in [0.25, 0.3) is 0 Å². The number of nitrogens with one attached hydrogen (secondary N) is 2. The van der Waals surface area contributed by atoms with E-state index >= 15 is 0 Å². The zero-order valence-corrected chi connectivity index (χ0v) is 17.0. The molecule has 0 bridgehead atoms. The largest absolute Gasteiger partial charge is 0.376 e. The van der Waals surface area contributed by atoms with Crippen LogP contribution in [0.15, 0.2) is 23.3 Å². The number of halogens is 2. The molecule has 24 heavy (non-hydrogen) atoms. The van der Waals surface area contributed by atoms with E-state index in [1.54, 1.807) is 13.2 Å². The number of rotatable bonds is 4. The molecular weight excluding hydrogens is 441 g/mol. The summed E-state index contributed by atoms with van der Waals surface area (Å²) in [5.74, 6) is 1.69. The molecular formula is C16H25ClIN5O. The maximum Gasteiger partial charge on any atom is 0.191 e. The van der Waals surface area contributed by atoms with Crippen molar-refractivity contribution in [3.8, 4) is 0 Å². The maximum absolute atomic E-state index is 6.23. The fourth-order valence-corrected chi connectivity index (χ4v) is 3.33. The van der Waals surface area contributed by atoms with E-state index in [0.29, 0.717) is 17.2 Å². The first-order valence-electron chi connectivity index (χ1n) is 8.20. The van der Waals surface area contributed by atoms with Crippen LogP contribution >= 0.6 is 35.6 Å². The third-order valence-electron chi connectivity index (χ3n) is 4.31. The van der Waals surface area contributed by atoms with Gasteiger partial charge in [0.05, 0.1) is 11.1 Å². The number of hydrogen-bond donors (Lipinski definition) is 2. The number of aromatic nitrogens is 1. The zero-order valence-electron chi connectivity index (χ0n) is 13.9. The lowest BCUT2D eigenvalue weighted by Crippen LogP contribution is -2.46. The number of anilines is 1. The van der Waals surface area contributed by atoms with Crippen LogP contribution in [0, 0.1) is 0 Å². The van der Waals surface area contributed by atoms with Gasteiger partial charge in [0.1, 0.15) is 5.82 Å². The highest BCUT2D eigenvalue weighted by Gasteiger charge is 2.25. The van der Waals surface area contributed by atoms with Gasteiger partial charge in [-0.05, 0) is 31.4 Å². The lowest BCUT2D eigenvalue weighted by atomic mass is 10.2. The maximum atomic E-state index is 6.23. The standard InChI is InChI=1S/C16H24ClN5O.HI/c1-18-16(20-10-13-4-3-9-23-13)21-12-6-8-22(11-12)15-14(17)5-2-7-19-15;/h2,5,7,12-13H,3-4,6,8-11H2,1H3,(H2,18,20,21);1H. The minimum Gasteiger partial charge on any atom is -0.376 e. The van der Waals surface area contributed by atoms with Crippen molar-refractivity contribution in [2.45, 2.75) is 31.4 Å². The van der Waals surface area contributed by atoms with Crippen LogP contribution < -0.4 is 15.5 Å². The van der Waals surface area contributed by atoms with Gasteiger partial charge in [-0.1, -0.05) is 11.6 Å². The average Bonchev–Trinajstić information content (AvgIpc) is 3.23. The summed E-state index contributed by atoms with van der Waals surface area (Å²) in [5.41, 5.74) is 0. The monoisotopic (exact) mass is 465 g/mol. The number of nitrogens with zero attached hydrogens (tertiary/aromatic N) is 3. The Kier molecular flexibility index (Phi) is 7.83. The molecule has 8 heteroatoms. The zero-order chi connectivity index (χ0) is 16.1. The van der Waals surface area contributed by atoms with Crippen molar-refractivity contribution in [3.63, 3.8) is 0 Å². The predicted molar refractivity (Wildman–Crippen MR) is 109 cm³/mol. The first-order chi connectivity index (χ1) is 11.3. The Balaban J connectivity index is 0.00000208. The molecule has 3 heterocycles. The Hall–Kier alpha value is -0.800. The molecule has 3 rings (SSSR count). The molecule has 2 unspecified atom stereocenters.